The zero-order valence-electron chi connectivity index (χ0n) is 12.3. The Morgan fingerprint density at radius 2 is 1.96 bits per heavy atom. The highest BCUT2D eigenvalue weighted by atomic mass is 32.1. The number of thiazole rings is 1. The van der Waals surface area contributed by atoms with Gasteiger partial charge in [0.1, 0.15) is 5.69 Å². The van der Waals surface area contributed by atoms with Crippen molar-refractivity contribution in [2.24, 2.45) is 0 Å². The third-order valence-corrected chi connectivity index (χ3v) is 3.89. The van der Waals surface area contributed by atoms with Crippen LogP contribution in [0.15, 0.2) is 42.9 Å². The predicted molar refractivity (Wildman–Crippen MR) is 86.4 cm³/mol. The van der Waals surface area contributed by atoms with E-state index in [0.717, 1.165) is 4.88 Å². The summed E-state index contributed by atoms with van der Waals surface area (Å²) in [6, 6.07) is 7.28. The van der Waals surface area contributed by atoms with Crippen molar-refractivity contribution < 1.29 is 9.53 Å². The molecule has 1 N–H and O–H groups in total. The van der Waals surface area contributed by atoms with Gasteiger partial charge in [-0.25, -0.2) is 15.0 Å². The lowest BCUT2D eigenvalue weighted by Crippen LogP contribution is -2.04. The monoisotopic (exact) mass is 327 g/mol. The lowest BCUT2D eigenvalue weighted by Gasteiger charge is -2.00. The lowest BCUT2D eigenvalue weighted by atomic mass is 10.2. The molecule has 0 spiro atoms. The number of pyridine rings is 1. The number of nitrogens with zero attached hydrogens (tertiary/aromatic N) is 4. The summed E-state index contributed by atoms with van der Waals surface area (Å²) in [7, 11) is 1.36. The summed E-state index contributed by atoms with van der Waals surface area (Å²) in [5.74, 6) is 0.117. The molecule has 0 saturated carbocycles. The molecule has 3 aromatic heterocycles. The normalized spacial score (nSPS) is 10.3. The summed E-state index contributed by atoms with van der Waals surface area (Å²) in [5.41, 5.74) is 1.35. The summed E-state index contributed by atoms with van der Waals surface area (Å²) in [4.78, 5) is 29.4. The van der Waals surface area contributed by atoms with Crippen molar-refractivity contribution in [2.45, 2.75) is 6.42 Å². The highest BCUT2D eigenvalue weighted by Gasteiger charge is 2.17. The van der Waals surface area contributed by atoms with Crippen LogP contribution in [0.2, 0.25) is 0 Å². The number of aromatic nitrogens is 4. The first-order valence-electron chi connectivity index (χ1n) is 6.78. The first-order valence-corrected chi connectivity index (χ1v) is 7.60. The standard InChI is InChI=1S/C15H13N5O2S/c1-22-12(21)9-11-13(10-5-2-3-6-16-10)19-15(23-11)20-14-17-7-4-8-18-14/h2-8H,9H2,1H3,(H,17,18,19,20). The van der Waals surface area contributed by atoms with Crippen LogP contribution in [0.5, 0.6) is 0 Å². The fourth-order valence-corrected chi connectivity index (χ4v) is 2.84. The van der Waals surface area contributed by atoms with E-state index in [1.54, 1.807) is 24.7 Å². The molecular formula is C15H13N5O2S. The predicted octanol–water partition coefficient (Wildman–Crippen LogP) is 2.45. The number of carbonyl (C=O) groups excluding carboxylic acids is 1. The molecule has 0 radical (unpaired) electrons. The number of carbonyl (C=O) groups is 1. The summed E-state index contributed by atoms with van der Waals surface area (Å²) >= 11 is 1.35. The highest BCUT2D eigenvalue weighted by Crippen LogP contribution is 2.31. The summed E-state index contributed by atoms with van der Waals surface area (Å²) < 4.78 is 4.75. The Labute approximate surface area is 136 Å². The van der Waals surface area contributed by atoms with Gasteiger partial charge in [-0.05, 0) is 18.2 Å². The fourth-order valence-electron chi connectivity index (χ4n) is 1.89. The molecule has 0 fully saturated rings. The number of ether oxygens (including phenoxy) is 1. The van der Waals surface area contributed by atoms with Gasteiger partial charge in [-0.3, -0.25) is 9.78 Å². The van der Waals surface area contributed by atoms with Gasteiger partial charge in [0.15, 0.2) is 5.13 Å². The van der Waals surface area contributed by atoms with Gasteiger partial charge in [-0.1, -0.05) is 6.07 Å². The number of esters is 1. The van der Waals surface area contributed by atoms with Gasteiger partial charge in [0, 0.05) is 23.5 Å². The quantitative estimate of drug-likeness (QED) is 0.720. The molecule has 0 amide bonds. The van der Waals surface area contributed by atoms with E-state index in [1.165, 1.54) is 18.4 Å². The molecule has 0 aliphatic rings. The second-order valence-electron chi connectivity index (χ2n) is 4.46. The molecule has 116 valence electrons. The number of hydrogen-bond donors (Lipinski definition) is 1. The van der Waals surface area contributed by atoms with Crippen molar-refractivity contribution in [3.05, 3.63) is 47.7 Å². The summed E-state index contributed by atoms with van der Waals surface area (Å²) in [6.07, 6.45) is 5.09. The van der Waals surface area contributed by atoms with E-state index in [0.29, 0.717) is 22.5 Å². The van der Waals surface area contributed by atoms with Crippen LogP contribution in [0.1, 0.15) is 4.88 Å². The minimum absolute atomic E-state index is 0.136. The molecule has 3 heterocycles. The maximum absolute atomic E-state index is 11.6. The average molecular weight is 327 g/mol. The molecule has 0 unspecified atom stereocenters. The Balaban J connectivity index is 1.94. The topological polar surface area (TPSA) is 89.9 Å². The number of anilines is 2. The zero-order valence-corrected chi connectivity index (χ0v) is 13.1. The Bertz CT molecular complexity index is 792. The second kappa shape index (κ2) is 6.93. The molecule has 0 atom stereocenters. The lowest BCUT2D eigenvalue weighted by molar-refractivity contribution is -0.139. The van der Waals surface area contributed by atoms with Crippen LogP contribution in [-0.2, 0) is 16.0 Å². The SMILES string of the molecule is COC(=O)Cc1sc(Nc2ncccn2)nc1-c1ccccn1. The average Bonchev–Trinajstić information content (AvgIpc) is 2.98. The highest BCUT2D eigenvalue weighted by molar-refractivity contribution is 7.16. The molecule has 0 bridgehead atoms. The van der Waals surface area contributed by atoms with Crippen LogP contribution in [-0.4, -0.2) is 33.0 Å². The second-order valence-corrected chi connectivity index (χ2v) is 5.54. The van der Waals surface area contributed by atoms with Crippen LogP contribution in [0.4, 0.5) is 11.1 Å². The van der Waals surface area contributed by atoms with Crippen LogP contribution in [0, 0.1) is 0 Å². The van der Waals surface area contributed by atoms with Gasteiger partial charge in [0.25, 0.3) is 0 Å². The number of nitrogens with one attached hydrogen (secondary N) is 1. The van der Waals surface area contributed by atoms with Gasteiger partial charge < -0.3 is 10.1 Å². The Kier molecular flexibility index (Phi) is 4.53. The third-order valence-electron chi connectivity index (χ3n) is 2.92. The molecule has 0 aromatic carbocycles. The van der Waals surface area contributed by atoms with Crippen molar-refractivity contribution in [1.82, 2.24) is 19.9 Å². The zero-order chi connectivity index (χ0) is 16.1. The van der Waals surface area contributed by atoms with Gasteiger partial charge in [-0.2, -0.15) is 0 Å². The van der Waals surface area contributed by atoms with Gasteiger partial charge >= 0.3 is 5.97 Å². The molecule has 0 saturated heterocycles. The van der Waals surface area contributed by atoms with Crippen molar-refractivity contribution in [3.63, 3.8) is 0 Å². The van der Waals surface area contributed by atoms with Gasteiger partial charge in [-0.15, -0.1) is 11.3 Å². The molecule has 7 nitrogen and oxygen atoms in total. The van der Waals surface area contributed by atoms with Crippen LogP contribution < -0.4 is 5.32 Å². The number of methoxy groups -OCH3 is 1. The molecule has 0 aliphatic carbocycles. The maximum Gasteiger partial charge on any atom is 0.310 e. The van der Waals surface area contributed by atoms with Crippen LogP contribution in [0.25, 0.3) is 11.4 Å². The molecule has 0 aliphatic heterocycles. The molecule has 23 heavy (non-hydrogen) atoms. The van der Waals surface area contributed by atoms with E-state index in [1.807, 2.05) is 18.2 Å². The van der Waals surface area contributed by atoms with E-state index in [4.69, 9.17) is 4.74 Å². The molecular weight excluding hydrogens is 314 g/mol. The minimum Gasteiger partial charge on any atom is -0.469 e. The Hall–Kier alpha value is -2.87. The van der Waals surface area contributed by atoms with Crippen LogP contribution in [0.3, 0.4) is 0 Å². The van der Waals surface area contributed by atoms with E-state index in [-0.39, 0.29) is 12.4 Å². The van der Waals surface area contributed by atoms with E-state index in [9.17, 15) is 4.79 Å². The Morgan fingerprint density at radius 1 is 1.17 bits per heavy atom. The number of hydrogen-bond acceptors (Lipinski definition) is 8. The smallest absolute Gasteiger partial charge is 0.310 e. The Morgan fingerprint density at radius 3 is 2.65 bits per heavy atom. The minimum atomic E-state index is -0.326. The van der Waals surface area contributed by atoms with E-state index in [2.05, 4.69) is 25.3 Å². The van der Waals surface area contributed by atoms with Crippen molar-refractivity contribution in [2.75, 3.05) is 12.4 Å². The molecule has 3 rings (SSSR count). The summed E-state index contributed by atoms with van der Waals surface area (Å²) in [6.45, 7) is 0. The van der Waals surface area contributed by atoms with Crippen molar-refractivity contribution in [1.29, 1.82) is 0 Å². The van der Waals surface area contributed by atoms with Gasteiger partial charge in [0.05, 0.1) is 19.2 Å². The maximum atomic E-state index is 11.6. The third kappa shape index (κ3) is 3.67. The van der Waals surface area contributed by atoms with Crippen molar-refractivity contribution in [3.8, 4) is 11.4 Å². The molecule has 3 aromatic rings. The van der Waals surface area contributed by atoms with Crippen molar-refractivity contribution >= 4 is 28.4 Å². The van der Waals surface area contributed by atoms with E-state index < -0.39 is 0 Å². The largest absolute Gasteiger partial charge is 0.469 e. The first-order chi connectivity index (χ1) is 11.3. The van der Waals surface area contributed by atoms with Gasteiger partial charge in [0.2, 0.25) is 5.95 Å². The fraction of sp³-hybridized carbons (Fsp3) is 0.133. The summed E-state index contributed by atoms with van der Waals surface area (Å²) in [5, 5.41) is 3.62. The molecule has 8 heteroatoms. The first kappa shape index (κ1) is 15.0. The number of rotatable bonds is 5. The van der Waals surface area contributed by atoms with Crippen LogP contribution >= 0.6 is 11.3 Å². The van der Waals surface area contributed by atoms with E-state index >= 15 is 0 Å².